The van der Waals surface area contributed by atoms with E-state index in [1.165, 1.54) is 0 Å². The molecule has 0 spiro atoms. The molecule has 160 valence electrons. The van der Waals surface area contributed by atoms with Crippen LogP contribution >= 0.6 is 0 Å². The molecule has 0 rings (SSSR count). The van der Waals surface area contributed by atoms with Gasteiger partial charge >= 0.3 is 23.9 Å². The van der Waals surface area contributed by atoms with Crippen LogP contribution in [0, 0.1) is 0 Å². The first kappa shape index (κ1) is 27.6. The summed E-state index contributed by atoms with van der Waals surface area (Å²) in [7, 11) is 0. The van der Waals surface area contributed by atoms with Gasteiger partial charge in [0.15, 0.2) is 0 Å². The third kappa shape index (κ3) is 14.5. The van der Waals surface area contributed by atoms with Gasteiger partial charge in [-0.3, -0.25) is 0 Å². The van der Waals surface area contributed by atoms with Crippen LogP contribution in [0.25, 0.3) is 0 Å². The lowest BCUT2D eigenvalue weighted by Crippen LogP contribution is -2.11. The Morgan fingerprint density at radius 2 is 0.964 bits per heavy atom. The van der Waals surface area contributed by atoms with Crippen molar-refractivity contribution in [3.05, 3.63) is 23.3 Å². The van der Waals surface area contributed by atoms with Crippen molar-refractivity contribution in [3.63, 3.8) is 0 Å². The minimum absolute atomic E-state index is 0.0434. The number of carboxylic acid groups (broad SMARTS) is 2. The number of carbonyl (C=O) groups is 4. The summed E-state index contributed by atoms with van der Waals surface area (Å²) in [4.78, 5) is 43.3. The van der Waals surface area contributed by atoms with Crippen molar-refractivity contribution >= 4 is 23.9 Å². The number of ether oxygens (including phenoxy) is 2. The highest BCUT2D eigenvalue weighted by Gasteiger charge is 2.18. The van der Waals surface area contributed by atoms with E-state index in [9.17, 15) is 19.2 Å². The second kappa shape index (κ2) is 17.8. The summed E-state index contributed by atoms with van der Waals surface area (Å²) >= 11 is 0. The molecule has 0 bridgehead atoms. The van der Waals surface area contributed by atoms with Gasteiger partial charge in [-0.1, -0.05) is 40.5 Å². The minimum Gasteiger partial charge on any atom is -0.478 e. The zero-order valence-electron chi connectivity index (χ0n) is 17.2. The zero-order chi connectivity index (χ0) is 21.9. The van der Waals surface area contributed by atoms with Gasteiger partial charge in [0.25, 0.3) is 0 Å². The van der Waals surface area contributed by atoms with Gasteiger partial charge in [0, 0.05) is 23.3 Å². The lowest BCUT2D eigenvalue weighted by atomic mass is 10.00. The lowest BCUT2D eigenvalue weighted by Gasteiger charge is -2.06. The highest BCUT2D eigenvalue weighted by atomic mass is 16.5. The van der Waals surface area contributed by atoms with Gasteiger partial charge in [-0.15, -0.1) is 0 Å². The van der Waals surface area contributed by atoms with Gasteiger partial charge in [-0.05, 0) is 25.7 Å². The maximum absolute atomic E-state index is 10.9. The van der Waals surface area contributed by atoms with Crippen molar-refractivity contribution in [2.24, 2.45) is 0 Å². The number of hydrogen-bond donors (Lipinski definition) is 2. The summed E-state index contributed by atoms with van der Waals surface area (Å²) in [5, 5.41) is 17.7. The van der Waals surface area contributed by atoms with E-state index in [2.05, 4.69) is 0 Å². The van der Waals surface area contributed by atoms with Crippen molar-refractivity contribution in [3.8, 4) is 0 Å². The first-order valence-electron chi connectivity index (χ1n) is 9.45. The number of aliphatic carboxylic acids is 2. The van der Waals surface area contributed by atoms with Crippen LogP contribution in [-0.4, -0.2) is 47.3 Å². The highest BCUT2D eigenvalue weighted by Crippen LogP contribution is 2.16. The molecule has 8 nitrogen and oxygen atoms in total. The summed E-state index contributed by atoms with van der Waals surface area (Å²) in [6.07, 6.45) is 5.60. The maximum atomic E-state index is 10.9. The monoisotopic (exact) mass is 400 g/mol. The summed E-state index contributed by atoms with van der Waals surface area (Å²) in [5.41, 5.74) is 0.0868. The smallest absolute Gasteiger partial charge is 0.332 e. The predicted octanol–water partition coefficient (Wildman–Crippen LogP) is 3.50. The van der Waals surface area contributed by atoms with E-state index in [4.69, 9.17) is 19.7 Å². The van der Waals surface area contributed by atoms with Crippen molar-refractivity contribution in [1.82, 2.24) is 0 Å². The number of hydrogen-bond acceptors (Lipinski definition) is 6. The van der Waals surface area contributed by atoms with Gasteiger partial charge < -0.3 is 19.7 Å². The zero-order valence-corrected chi connectivity index (χ0v) is 17.2. The summed E-state index contributed by atoms with van der Waals surface area (Å²) in [6, 6.07) is 0. The molecule has 0 aromatic rings. The SMILES string of the molecule is CCC/C(C(=O)O)=C(\CCC)C(=O)O.CCCOC(=O)/C=C\C(=O)OCCC. The third-order valence-corrected chi connectivity index (χ3v) is 3.13. The van der Waals surface area contributed by atoms with Crippen LogP contribution in [0.5, 0.6) is 0 Å². The molecule has 0 radical (unpaired) electrons. The second-order valence-corrected chi connectivity index (χ2v) is 5.74. The van der Waals surface area contributed by atoms with Crippen molar-refractivity contribution in [2.75, 3.05) is 13.2 Å². The molecule has 0 atom stereocenters. The molecule has 0 unspecified atom stereocenters. The number of carbonyl (C=O) groups excluding carboxylic acids is 2. The van der Waals surface area contributed by atoms with Gasteiger partial charge in [0.05, 0.1) is 13.2 Å². The Hall–Kier alpha value is -2.64. The Balaban J connectivity index is 0. The standard InChI is InChI=1S/2C10H16O4/c1-3-7-13-9(11)5-6-10(12)14-8-4-2;1-3-5-7(9(11)12)8(6-4-2)10(13)14/h5-6H,3-4,7-8H2,1-2H3;3-6H2,1-2H3,(H,11,12)(H,13,14)/b6-5-;8-7-. The number of esters is 2. The van der Waals surface area contributed by atoms with E-state index in [0.29, 0.717) is 38.9 Å². The molecular weight excluding hydrogens is 368 g/mol. The topological polar surface area (TPSA) is 127 Å². The van der Waals surface area contributed by atoms with Crippen LogP contribution < -0.4 is 0 Å². The molecule has 0 aromatic carbocycles. The molecule has 0 saturated carbocycles. The molecule has 0 aromatic heterocycles. The predicted molar refractivity (Wildman–Crippen MR) is 104 cm³/mol. The lowest BCUT2D eigenvalue weighted by molar-refractivity contribution is -0.140. The van der Waals surface area contributed by atoms with Crippen LogP contribution in [0.1, 0.15) is 66.2 Å². The molecule has 0 amide bonds. The first-order valence-corrected chi connectivity index (χ1v) is 9.45. The van der Waals surface area contributed by atoms with Crippen LogP contribution in [0.2, 0.25) is 0 Å². The van der Waals surface area contributed by atoms with Crippen molar-refractivity contribution in [1.29, 1.82) is 0 Å². The Bertz CT molecular complexity index is 513. The second-order valence-electron chi connectivity index (χ2n) is 5.74. The van der Waals surface area contributed by atoms with Crippen LogP contribution in [-0.2, 0) is 28.7 Å². The largest absolute Gasteiger partial charge is 0.478 e. The Morgan fingerprint density at radius 1 is 0.643 bits per heavy atom. The average Bonchev–Trinajstić information content (AvgIpc) is 2.65. The number of rotatable bonds is 12. The molecule has 28 heavy (non-hydrogen) atoms. The van der Waals surface area contributed by atoms with Crippen LogP contribution in [0.3, 0.4) is 0 Å². The van der Waals surface area contributed by atoms with Crippen LogP contribution in [0.15, 0.2) is 23.3 Å². The van der Waals surface area contributed by atoms with E-state index in [1.54, 1.807) is 0 Å². The fourth-order valence-corrected chi connectivity index (χ4v) is 1.91. The van der Waals surface area contributed by atoms with E-state index >= 15 is 0 Å². The summed E-state index contributed by atoms with van der Waals surface area (Å²) in [6.45, 7) is 8.18. The molecule has 0 fully saturated rings. The molecule has 0 heterocycles. The molecular formula is C20H32O8. The molecule has 0 saturated heterocycles. The Morgan fingerprint density at radius 3 is 1.18 bits per heavy atom. The van der Waals surface area contributed by atoms with Gasteiger partial charge in [0.1, 0.15) is 0 Å². The van der Waals surface area contributed by atoms with Crippen molar-refractivity contribution < 1.29 is 38.9 Å². The van der Waals surface area contributed by atoms with E-state index in [0.717, 1.165) is 25.0 Å². The quantitative estimate of drug-likeness (QED) is 0.376. The summed E-state index contributed by atoms with van der Waals surface area (Å²) < 4.78 is 9.43. The average molecular weight is 400 g/mol. The molecule has 0 aliphatic heterocycles. The molecule has 2 N–H and O–H groups in total. The molecule has 8 heteroatoms. The van der Waals surface area contributed by atoms with E-state index < -0.39 is 23.9 Å². The third-order valence-electron chi connectivity index (χ3n) is 3.13. The van der Waals surface area contributed by atoms with E-state index in [-0.39, 0.29) is 11.1 Å². The highest BCUT2D eigenvalue weighted by molar-refractivity contribution is 5.98. The Labute approximate surface area is 166 Å². The summed E-state index contributed by atoms with van der Waals surface area (Å²) in [5.74, 6) is -3.25. The Kier molecular flexibility index (Phi) is 17.5. The molecule has 0 aliphatic rings. The van der Waals surface area contributed by atoms with Crippen molar-refractivity contribution in [2.45, 2.75) is 66.2 Å². The maximum Gasteiger partial charge on any atom is 0.332 e. The van der Waals surface area contributed by atoms with Gasteiger partial charge in [-0.2, -0.15) is 0 Å². The number of carboxylic acids is 2. The van der Waals surface area contributed by atoms with Gasteiger partial charge in [0.2, 0.25) is 0 Å². The normalized spacial score (nSPS) is 11.1. The minimum atomic E-state index is -1.11. The molecule has 0 aliphatic carbocycles. The van der Waals surface area contributed by atoms with Gasteiger partial charge in [-0.25, -0.2) is 19.2 Å². The van der Waals surface area contributed by atoms with E-state index in [1.807, 2.05) is 27.7 Å². The fourth-order valence-electron chi connectivity index (χ4n) is 1.91. The van der Waals surface area contributed by atoms with Crippen LogP contribution in [0.4, 0.5) is 0 Å². The fraction of sp³-hybridized carbons (Fsp3) is 0.600. The first-order chi connectivity index (χ1) is 13.2.